The summed E-state index contributed by atoms with van der Waals surface area (Å²) in [6.07, 6.45) is 2.21. The van der Waals surface area contributed by atoms with Gasteiger partial charge in [-0.15, -0.1) is 0 Å². The van der Waals surface area contributed by atoms with Crippen molar-refractivity contribution in [3.63, 3.8) is 0 Å². The predicted octanol–water partition coefficient (Wildman–Crippen LogP) is 5.30. The molecule has 1 aromatic heterocycles. The van der Waals surface area contributed by atoms with Gasteiger partial charge in [0.15, 0.2) is 0 Å². The number of rotatable bonds is 7. The molecule has 3 aromatic carbocycles. The van der Waals surface area contributed by atoms with Crippen molar-refractivity contribution in [1.82, 2.24) is 9.78 Å². The Morgan fingerprint density at radius 1 is 0.970 bits per heavy atom. The van der Waals surface area contributed by atoms with Gasteiger partial charge in [-0.25, -0.2) is 4.79 Å². The molecule has 0 aliphatic rings. The molecule has 0 aliphatic carbocycles. The lowest BCUT2D eigenvalue weighted by Crippen LogP contribution is -2.32. The van der Waals surface area contributed by atoms with Crippen LogP contribution in [0.5, 0.6) is 0 Å². The third kappa shape index (κ3) is 5.27. The Hall–Kier alpha value is -4.39. The molecule has 1 heterocycles. The maximum absolute atomic E-state index is 13.0. The third-order valence-corrected chi connectivity index (χ3v) is 5.28. The van der Waals surface area contributed by atoms with Gasteiger partial charge in [0.1, 0.15) is 0 Å². The first-order chi connectivity index (χ1) is 16.0. The molecule has 7 heteroatoms. The lowest BCUT2D eigenvalue weighted by molar-refractivity contribution is 0.102. The number of carbonyl (C=O) groups excluding carboxylic acids is 1. The molecule has 4 aromatic rings. The number of carboxylic acid groups (broad SMARTS) is 1. The molecule has 0 saturated heterocycles. The zero-order valence-corrected chi connectivity index (χ0v) is 18.2. The van der Waals surface area contributed by atoms with Crippen molar-refractivity contribution in [3.8, 4) is 11.1 Å². The molecule has 0 fully saturated rings. The van der Waals surface area contributed by atoms with Crippen molar-refractivity contribution < 1.29 is 14.7 Å². The van der Waals surface area contributed by atoms with Crippen molar-refractivity contribution >= 4 is 23.4 Å². The number of carbonyl (C=O) groups is 2. The van der Waals surface area contributed by atoms with Gasteiger partial charge in [0, 0.05) is 24.0 Å². The SMILES string of the molecule is Cc1ccc(-c2ccccc2C(=O)Nc2cnn(CCN(C(=O)O)c3ccccc3)c2)cc1. The highest BCUT2D eigenvalue weighted by atomic mass is 16.4. The van der Waals surface area contributed by atoms with Crippen LogP contribution < -0.4 is 10.2 Å². The number of hydrogen-bond donors (Lipinski definition) is 2. The van der Waals surface area contributed by atoms with Gasteiger partial charge < -0.3 is 10.4 Å². The summed E-state index contributed by atoms with van der Waals surface area (Å²) in [6.45, 7) is 2.59. The first-order valence-corrected chi connectivity index (χ1v) is 10.6. The lowest BCUT2D eigenvalue weighted by atomic mass is 9.98. The number of nitrogens with zero attached hydrogens (tertiary/aromatic N) is 3. The van der Waals surface area contributed by atoms with Gasteiger partial charge in [0.05, 0.1) is 18.4 Å². The van der Waals surface area contributed by atoms with E-state index in [0.29, 0.717) is 23.5 Å². The molecule has 2 amide bonds. The van der Waals surface area contributed by atoms with Crippen LogP contribution in [0.15, 0.2) is 91.3 Å². The Morgan fingerprint density at radius 2 is 1.67 bits per heavy atom. The third-order valence-electron chi connectivity index (χ3n) is 5.28. The van der Waals surface area contributed by atoms with Crippen LogP contribution in [0.1, 0.15) is 15.9 Å². The Balaban J connectivity index is 1.44. The number of hydrogen-bond acceptors (Lipinski definition) is 3. The number of aromatic nitrogens is 2. The summed E-state index contributed by atoms with van der Waals surface area (Å²) in [6, 6.07) is 24.4. The summed E-state index contributed by atoms with van der Waals surface area (Å²) < 4.78 is 1.61. The molecule has 0 aliphatic heterocycles. The van der Waals surface area contributed by atoms with Crippen LogP contribution >= 0.6 is 0 Å². The summed E-state index contributed by atoms with van der Waals surface area (Å²) in [5, 5.41) is 16.7. The van der Waals surface area contributed by atoms with Crippen molar-refractivity contribution in [2.45, 2.75) is 13.5 Å². The van der Waals surface area contributed by atoms with Gasteiger partial charge in [0.2, 0.25) is 0 Å². The van der Waals surface area contributed by atoms with Crippen LogP contribution in [-0.2, 0) is 6.54 Å². The largest absolute Gasteiger partial charge is 0.465 e. The van der Waals surface area contributed by atoms with E-state index in [1.165, 1.54) is 4.90 Å². The zero-order valence-electron chi connectivity index (χ0n) is 18.2. The number of amides is 2. The molecule has 0 bridgehead atoms. The van der Waals surface area contributed by atoms with Crippen LogP contribution in [0, 0.1) is 6.92 Å². The van der Waals surface area contributed by atoms with Crippen molar-refractivity contribution in [3.05, 3.63) is 102 Å². The lowest BCUT2D eigenvalue weighted by Gasteiger charge is -2.19. The van der Waals surface area contributed by atoms with Crippen LogP contribution in [0.3, 0.4) is 0 Å². The van der Waals surface area contributed by atoms with E-state index < -0.39 is 6.09 Å². The minimum atomic E-state index is -1.03. The molecule has 166 valence electrons. The van der Waals surface area contributed by atoms with Gasteiger partial charge in [-0.3, -0.25) is 14.4 Å². The molecular formula is C26H24N4O3. The maximum Gasteiger partial charge on any atom is 0.411 e. The molecule has 7 nitrogen and oxygen atoms in total. The van der Waals surface area contributed by atoms with Gasteiger partial charge in [-0.2, -0.15) is 5.10 Å². The fourth-order valence-electron chi connectivity index (χ4n) is 3.56. The van der Waals surface area contributed by atoms with Crippen LogP contribution in [0.2, 0.25) is 0 Å². The molecule has 33 heavy (non-hydrogen) atoms. The summed E-state index contributed by atoms with van der Waals surface area (Å²) in [4.78, 5) is 25.9. The highest BCUT2D eigenvalue weighted by Gasteiger charge is 2.16. The topological polar surface area (TPSA) is 87.5 Å². The molecule has 0 atom stereocenters. The van der Waals surface area contributed by atoms with E-state index in [1.807, 2.05) is 55.5 Å². The van der Waals surface area contributed by atoms with Gasteiger partial charge in [0.25, 0.3) is 5.91 Å². The second-order valence-electron chi connectivity index (χ2n) is 7.63. The van der Waals surface area contributed by atoms with Crippen LogP contribution in [-0.4, -0.2) is 33.4 Å². The number of nitrogens with one attached hydrogen (secondary N) is 1. The van der Waals surface area contributed by atoms with E-state index in [2.05, 4.69) is 10.4 Å². The van der Waals surface area contributed by atoms with Crippen molar-refractivity contribution in [1.29, 1.82) is 0 Å². The number of para-hydroxylation sites is 1. The van der Waals surface area contributed by atoms with Crippen molar-refractivity contribution in [2.75, 3.05) is 16.8 Å². The Bertz CT molecular complexity index is 1250. The fourth-order valence-corrected chi connectivity index (χ4v) is 3.56. The Labute approximate surface area is 191 Å². The standard InChI is InChI=1S/C26H24N4O3/c1-19-11-13-20(14-12-19)23-9-5-6-10-24(23)25(31)28-21-17-27-29(18-21)15-16-30(26(32)33)22-7-3-2-4-8-22/h2-14,17-18H,15-16H2,1H3,(H,28,31)(H,32,33). The second kappa shape index (κ2) is 9.82. The first-order valence-electron chi connectivity index (χ1n) is 10.6. The molecular weight excluding hydrogens is 416 g/mol. The molecule has 4 rings (SSSR count). The average Bonchev–Trinajstić information content (AvgIpc) is 3.27. The zero-order chi connectivity index (χ0) is 23.2. The van der Waals surface area contributed by atoms with E-state index >= 15 is 0 Å². The van der Waals surface area contributed by atoms with Crippen LogP contribution in [0.4, 0.5) is 16.2 Å². The molecule has 2 N–H and O–H groups in total. The Morgan fingerprint density at radius 3 is 2.39 bits per heavy atom. The number of anilines is 2. The molecule has 0 spiro atoms. The normalized spacial score (nSPS) is 10.6. The smallest absolute Gasteiger partial charge is 0.411 e. The highest BCUT2D eigenvalue weighted by Crippen LogP contribution is 2.25. The highest BCUT2D eigenvalue weighted by molar-refractivity contribution is 6.08. The van der Waals surface area contributed by atoms with E-state index in [-0.39, 0.29) is 12.5 Å². The van der Waals surface area contributed by atoms with E-state index in [0.717, 1.165) is 16.7 Å². The fraction of sp³-hybridized carbons (Fsp3) is 0.115. The average molecular weight is 441 g/mol. The number of aryl methyl sites for hydroxylation is 1. The summed E-state index contributed by atoms with van der Waals surface area (Å²) >= 11 is 0. The van der Waals surface area contributed by atoms with Crippen LogP contribution in [0.25, 0.3) is 11.1 Å². The summed E-state index contributed by atoms with van der Waals surface area (Å²) in [7, 11) is 0. The molecule has 0 radical (unpaired) electrons. The Kier molecular flexibility index (Phi) is 6.50. The quantitative estimate of drug-likeness (QED) is 0.408. The minimum Gasteiger partial charge on any atom is -0.465 e. The van der Waals surface area contributed by atoms with Gasteiger partial charge in [-0.05, 0) is 36.2 Å². The minimum absolute atomic E-state index is 0.227. The first kappa shape index (κ1) is 21.8. The van der Waals surface area contributed by atoms with Crippen molar-refractivity contribution in [2.24, 2.45) is 0 Å². The van der Waals surface area contributed by atoms with E-state index in [9.17, 15) is 14.7 Å². The molecule has 0 saturated carbocycles. The second-order valence-corrected chi connectivity index (χ2v) is 7.63. The van der Waals surface area contributed by atoms with E-state index in [4.69, 9.17) is 0 Å². The predicted molar refractivity (Wildman–Crippen MR) is 129 cm³/mol. The summed E-state index contributed by atoms with van der Waals surface area (Å²) in [5.41, 5.74) is 4.68. The van der Waals surface area contributed by atoms with Gasteiger partial charge in [-0.1, -0.05) is 66.2 Å². The van der Waals surface area contributed by atoms with Gasteiger partial charge >= 0.3 is 6.09 Å². The van der Waals surface area contributed by atoms with E-state index in [1.54, 1.807) is 47.4 Å². The summed E-state index contributed by atoms with van der Waals surface area (Å²) in [5.74, 6) is -0.234. The number of benzene rings is 3. The monoisotopic (exact) mass is 440 g/mol. The molecule has 0 unspecified atom stereocenters. The maximum atomic E-state index is 13.0.